The van der Waals surface area contributed by atoms with Crippen molar-refractivity contribution in [2.75, 3.05) is 40.5 Å². The minimum absolute atomic E-state index is 0.0588. The average molecular weight is 446 g/mol. The second kappa shape index (κ2) is 12.0. The van der Waals surface area contributed by atoms with Gasteiger partial charge in [0.25, 0.3) is 0 Å². The highest BCUT2D eigenvalue weighted by Gasteiger charge is 2.33. The highest BCUT2D eigenvalue weighted by Crippen LogP contribution is 2.40. The van der Waals surface area contributed by atoms with Crippen molar-refractivity contribution in [3.05, 3.63) is 23.8 Å². The molecule has 31 heavy (non-hydrogen) atoms. The van der Waals surface area contributed by atoms with Crippen LogP contribution in [0.3, 0.4) is 0 Å². The van der Waals surface area contributed by atoms with Gasteiger partial charge in [0.2, 0.25) is 0 Å². The number of nitrogens with one attached hydrogen (secondary N) is 2. The van der Waals surface area contributed by atoms with Crippen LogP contribution >= 0.6 is 0 Å². The van der Waals surface area contributed by atoms with Crippen molar-refractivity contribution in [3.8, 4) is 11.5 Å². The molecule has 176 valence electrons. The van der Waals surface area contributed by atoms with Gasteiger partial charge in [-0.15, -0.1) is 0 Å². The fraction of sp³-hybridized carbons (Fsp3) is 0.682. The standard InChI is InChI=1S/C22H34F3N3O3/c1-4-30-12-11-21(9-5-6-10-21)15-28-20(26-2)27-14-17-7-8-18(19(13-17)29-3)31-16-22(23,24)25/h7-8,13H,4-6,9-12,14-16H2,1-3H3,(H2,26,27,28). The van der Waals surface area contributed by atoms with Gasteiger partial charge in [-0.3, -0.25) is 4.99 Å². The highest BCUT2D eigenvalue weighted by molar-refractivity contribution is 5.79. The molecule has 0 saturated heterocycles. The van der Waals surface area contributed by atoms with E-state index in [1.54, 1.807) is 19.2 Å². The number of ether oxygens (including phenoxy) is 3. The van der Waals surface area contributed by atoms with E-state index >= 15 is 0 Å². The molecule has 1 aliphatic carbocycles. The van der Waals surface area contributed by atoms with E-state index in [0.717, 1.165) is 31.7 Å². The normalized spacial score (nSPS) is 16.3. The van der Waals surface area contributed by atoms with Crippen LogP contribution in [-0.4, -0.2) is 52.7 Å². The van der Waals surface area contributed by atoms with Gasteiger partial charge < -0.3 is 24.8 Å². The molecule has 1 aliphatic rings. The summed E-state index contributed by atoms with van der Waals surface area (Å²) in [5.74, 6) is 0.995. The Bertz CT molecular complexity index is 705. The lowest BCUT2D eigenvalue weighted by molar-refractivity contribution is -0.153. The minimum atomic E-state index is -4.40. The molecule has 2 N–H and O–H groups in total. The summed E-state index contributed by atoms with van der Waals surface area (Å²) in [4.78, 5) is 4.29. The number of rotatable bonds is 11. The van der Waals surface area contributed by atoms with Crippen LogP contribution in [0.2, 0.25) is 0 Å². The third-order valence-electron chi connectivity index (χ3n) is 5.58. The maximum atomic E-state index is 12.4. The van der Waals surface area contributed by atoms with Gasteiger partial charge in [0, 0.05) is 33.4 Å². The predicted octanol–water partition coefficient (Wildman–Crippen LogP) is 4.29. The molecule has 0 atom stereocenters. The maximum absolute atomic E-state index is 12.4. The third kappa shape index (κ3) is 8.47. The Labute approximate surface area is 182 Å². The fourth-order valence-electron chi connectivity index (χ4n) is 3.85. The SMILES string of the molecule is CCOCCC1(CNC(=NC)NCc2ccc(OCC(F)(F)F)c(OC)c2)CCCC1. The molecular weight excluding hydrogens is 411 g/mol. The summed E-state index contributed by atoms with van der Waals surface area (Å²) < 4.78 is 52.8. The van der Waals surface area contributed by atoms with Crippen molar-refractivity contribution < 1.29 is 27.4 Å². The van der Waals surface area contributed by atoms with Crippen molar-refractivity contribution in [2.45, 2.75) is 51.7 Å². The first-order valence-corrected chi connectivity index (χ1v) is 10.7. The fourth-order valence-corrected chi connectivity index (χ4v) is 3.85. The van der Waals surface area contributed by atoms with Gasteiger partial charge in [0.1, 0.15) is 0 Å². The van der Waals surface area contributed by atoms with Crippen molar-refractivity contribution >= 4 is 5.96 Å². The number of benzene rings is 1. The molecule has 0 amide bonds. The predicted molar refractivity (Wildman–Crippen MR) is 115 cm³/mol. The van der Waals surface area contributed by atoms with Crippen LogP contribution < -0.4 is 20.1 Å². The Morgan fingerprint density at radius 1 is 1.16 bits per heavy atom. The molecule has 1 aromatic carbocycles. The average Bonchev–Trinajstić information content (AvgIpc) is 3.21. The highest BCUT2D eigenvalue weighted by atomic mass is 19.4. The van der Waals surface area contributed by atoms with E-state index in [-0.39, 0.29) is 16.9 Å². The van der Waals surface area contributed by atoms with Crippen LogP contribution in [0.25, 0.3) is 0 Å². The third-order valence-corrected chi connectivity index (χ3v) is 5.58. The molecule has 0 heterocycles. The Hall–Kier alpha value is -2.16. The van der Waals surface area contributed by atoms with E-state index in [0.29, 0.717) is 12.5 Å². The van der Waals surface area contributed by atoms with Crippen molar-refractivity contribution in [1.29, 1.82) is 0 Å². The van der Waals surface area contributed by atoms with E-state index in [9.17, 15) is 13.2 Å². The number of guanidine groups is 1. The van der Waals surface area contributed by atoms with Crippen LogP contribution in [-0.2, 0) is 11.3 Å². The summed E-state index contributed by atoms with van der Waals surface area (Å²) in [6, 6.07) is 4.85. The summed E-state index contributed by atoms with van der Waals surface area (Å²) in [5, 5.41) is 6.68. The first-order valence-electron chi connectivity index (χ1n) is 10.7. The van der Waals surface area contributed by atoms with Crippen LogP contribution in [0.4, 0.5) is 13.2 Å². The second-order valence-electron chi connectivity index (χ2n) is 7.82. The van der Waals surface area contributed by atoms with E-state index in [2.05, 4.69) is 15.6 Å². The number of aliphatic imine (C=N–C) groups is 1. The van der Waals surface area contributed by atoms with E-state index in [1.165, 1.54) is 38.9 Å². The molecule has 9 heteroatoms. The van der Waals surface area contributed by atoms with E-state index in [4.69, 9.17) is 14.2 Å². The molecule has 0 radical (unpaired) electrons. The zero-order valence-electron chi connectivity index (χ0n) is 18.6. The largest absolute Gasteiger partial charge is 0.493 e. The first-order chi connectivity index (χ1) is 14.8. The molecule has 0 unspecified atom stereocenters. The van der Waals surface area contributed by atoms with Gasteiger partial charge in [0.05, 0.1) is 7.11 Å². The zero-order chi connectivity index (χ0) is 22.7. The number of alkyl halides is 3. The Kier molecular flexibility index (Phi) is 9.74. The Morgan fingerprint density at radius 2 is 1.90 bits per heavy atom. The van der Waals surface area contributed by atoms with Gasteiger partial charge in [-0.1, -0.05) is 18.9 Å². The summed E-state index contributed by atoms with van der Waals surface area (Å²) in [7, 11) is 3.11. The van der Waals surface area contributed by atoms with Crippen molar-refractivity contribution in [2.24, 2.45) is 10.4 Å². The quantitative estimate of drug-likeness (QED) is 0.302. The number of halogens is 3. The van der Waals surface area contributed by atoms with E-state index < -0.39 is 12.8 Å². The molecule has 0 spiro atoms. The summed E-state index contributed by atoms with van der Waals surface area (Å²) >= 11 is 0. The molecule has 1 fully saturated rings. The van der Waals surface area contributed by atoms with Gasteiger partial charge in [-0.25, -0.2) is 0 Å². The molecule has 0 aromatic heterocycles. The van der Waals surface area contributed by atoms with Gasteiger partial charge in [0.15, 0.2) is 24.1 Å². The summed E-state index contributed by atoms with van der Waals surface area (Å²) in [6.07, 6.45) is 1.47. The summed E-state index contributed by atoms with van der Waals surface area (Å²) in [5.41, 5.74) is 1.07. The molecule has 0 aliphatic heterocycles. The number of hydrogen-bond acceptors (Lipinski definition) is 4. The Morgan fingerprint density at radius 3 is 2.52 bits per heavy atom. The molecule has 1 aromatic rings. The van der Waals surface area contributed by atoms with Gasteiger partial charge in [-0.2, -0.15) is 13.2 Å². The topological polar surface area (TPSA) is 64.1 Å². The van der Waals surface area contributed by atoms with Crippen LogP contribution in [0, 0.1) is 5.41 Å². The lowest BCUT2D eigenvalue weighted by atomic mass is 9.83. The molecule has 0 bridgehead atoms. The second-order valence-corrected chi connectivity index (χ2v) is 7.82. The zero-order valence-corrected chi connectivity index (χ0v) is 18.6. The Balaban J connectivity index is 1.90. The van der Waals surface area contributed by atoms with Crippen LogP contribution in [0.1, 0.15) is 44.6 Å². The monoisotopic (exact) mass is 445 g/mol. The molecule has 1 saturated carbocycles. The smallest absolute Gasteiger partial charge is 0.422 e. The van der Waals surface area contributed by atoms with E-state index in [1.807, 2.05) is 6.92 Å². The number of hydrogen-bond donors (Lipinski definition) is 2. The number of methoxy groups -OCH3 is 1. The van der Waals surface area contributed by atoms with Crippen molar-refractivity contribution in [1.82, 2.24) is 10.6 Å². The lowest BCUT2D eigenvalue weighted by Crippen LogP contribution is -2.43. The maximum Gasteiger partial charge on any atom is 0.422 e. The summed E-state index contributed by atoms with van der Waals surface area (Å²) in [6.45, 7) is 3.43. The molecule has 2 rings (SSSR count). The van der Waals surface area contributed by atoms with Crippen LogP contribution in [0.15, 0.2) is 23.2 Å². The van der Waals surface area contributed by atoms with Gasteiger partial charge >= 0.3 is 6.18 Å². The number of nitrogens with zero attached hydrogens (tertiary/aromatic N) is 1. The van der Waals surface area contributed by atoms with Crippen molar-refractivity contribution in [3.63, 3.8) is 0 Å². The lowest BCUT2D eigenvalue weighted by Gasteiger charge is -2.30. The first kappa shape index (κ1) is 25.1. The molecule has 6 nitrogen and oxygen atoms in total. The van der Waals surface area contributed by atoms with Crippen LogP contribution in [0.5, 0.6) is 11.5 Å². The van der Waals surface area contributed by atoms with Gasteiger partial charge in [-0.05, 0) is 49.3 Å². The molecular formula is C22H34F3N3O3. The minimum Gasteiger partial charge on any atom is -0.493 e.